The van der Waals surface area contributed by atoms with Crippen molar-refractivity contribution in [2.24, 2.45) is 0 Å². The third-order valence-corrected chi connectivity index (χ3v) is 2.64. The van der Waals surface area contributed by atoms with Crippen molar-refractivity contribution in [1.82, 2.24) is 15.0 Å². The molecule has 1 amide bonds. The molecule has 0 radical (unpaired) electrons. The monoisotopic (exact) mass is 256 g/mol. The highest BCUT2D eigenvalue weighted by atomic mass is 16.1. The van der Waals surface area contributed by atoms with Gasteiger partial charge in [-0.2, -0.15) is 15.0 Å². The summed E-state index contributed by atoms with van der Waals surface area (Å²) in [4.78, 5) is 13.3. The first kappa shape index (κ1) is 13.0. The molecule has 0 atom stereocenters. The number of nitrogens with one attached hydrogen (secondary N) is 1. The zero-order valence-corrected chi connectivity index (χ0v) is 11.0. The van der Waals surface area contributed by atoms with Crippen molar-refractivity contribution in [2.75, 3.05) is 5.32 Å². The van der Waals surface area contributed by atoms with Gasteiger partial charge < -0.3 is 5.32 Å². The van der Waals surface area contributed by atoms with Crippen molar-refractivity contribution >= 4 is 11.6 Å². The molecule has 0 aliphatic carbocycles. The molecule has 5 nitrogen and oxygen atoms in total. The first-order valence-electron chi connectivity index (χ1n) is 6.15. The van der Waals surface area contributed by atoms with Crippen LogP contribution in [0, 0.1) is 0 Å². The van der Waals surface area contributed by atoms with E-state index in [1.165, 1.54) is 4.80 Å². The predicted molar refractivity (Wildman–Crippen MR) is 74.0 cm³/mol. The minimum Gasteiger partial charge on any atom is -0.322 e. The smallest absolute Gasteiger partial charge is 0.250 e. The van der Waals surface area contributed by atoms with Gasteiger partial charge in [-0.1, -0.05) is 13.0 Å². The summed E-state index contributed by atoms with van der Waals surface area (Å²) in [7, 11) is 0. The summed E-state index contributed by atoms with van der Waals surface area (Å²) in [5.74, 6) is -0.0770. The van der Waals surface area contributed by atoms with Gasteiger partial charge in [-0.15, -0.1) is 0 Å². The molecule has 2 aromatic rings. The highest BCUT2D eigenvalue weighted by Crippen LogP contribution is 2.12. The van der Waals surface area contributed by atoms with Crippen LogP contribution in [0.15, 0.2) is 48.3 Å². The van der Waals surface area contributed by atoms with E-state index in [0.717, 1.165) is 23.4 Å². The normalized spacial score (nSPS) is 11.4. The molecule has 0 spiro atoms. The number of carbonyl (C=O) groups is 1. The summed E-state index contributed by atoms with van der Waals surface area (Å²) in [5, 5.41) is 10.9. The lowest BCUT2D eigenvalue weighted by Gasteiger charge is -2.06. The van der Waals surface area contributed by atoms with Crippen molar-refractivity contribution in [3.8, 4) is 5.69 Å². The molecule has 2 rings (SSSR count). The number of amides is 1. The number of aromatic nitrogens is 3. The van der Waals surface area contributed by atoms with Crippen molar-refractivity contribution in [2.45, 2.75) is 20.3 Å². The molecular formula is C14H16N4O. The second-order valence-corrected chi connectivity index (χ2v) is 4.11. The van der Waals surface area contributed by atoms with Crippen molar-refractivity contribution in [3.05, 3.63) is 48.3 Å². The van der Waals surface area contributed by atoms with E-state index < -0.39 is 0 Å². The van der Waals surface area contributed by atoms with E-state index in [9.17, 15) is 4.79 Å². The largest absolute Gasteiger partial charge is 0.322 e. The Labute approximate surface area is 111 Å². The highest BCUT2D eigenvalue weighted by Gasteiger charge is 2.04. The second kappa shape index (κ2) is 5.95. The number of rotatable bonds is 4. The third-order valence-electron chi connectivity index (χ3n) is 2.64. The van der Waals surface area contributed by atoms with Gasteiger partial charge in [0.25, 0.3) is 5.91 Å². The van der Waals surface area contributed by atoms with Crippen LogP contribution < -0.4 is 5.32 Å². The van der Waals surface area contributed by atoms with E-state index in [0.29, 0.717) is 0 Å². The Balaban J connectivity index is 2.07. The van der Waals surface area contributed by atoms with Crippen LogP contribution in [-0.4, -0.2) is 20.9 Å². The quantitative estimate of drug-likeness (QED) is 0.855. The van der Waals surface area contributed by atoms with Gasteiger partial charge in [0.05, 0.1) is 18.1 Å². The maximum Gasteiger partial charge on any atom is 0.250 e. The maximum absolute atomic E-state index is 11.8. The van der Waals surface area contributed by atoms with Gasteiger partial charge in [-0.25, -0.2) is 0 Å². The lowest BCUT2D eigenvalue weighted by atomic mass is 10.2. The minimum atomic E-state index is -0.0770. The number of hydrogen-bond donors (Lipinski definition) is 1. The van der Waals surface area contributed by atoms with E-state index in [4.69, 9.17) is 0 Å². The molecule has 0 aliphatic heterocycles. The molecule has 1 aromatic heterocycles. The fraction of sp³-hybridized carbons (Fsp3) is 0.214. The van der Waals surface area contributed by atoms with Gasteiger partial charge in [0.1, 0.15) is 0 Å². The Morgan fingerprint density at radius 3 is 2.47 bits per heavy atom. The fourth-order valence-corrected chi connectivity index (χ4v) is 1.66. The van der Waals surface area contributed by atoms with Crippen LogP contribution in [0.25, 0.3) is 5.69 Å². The summed E-state index contributed by atoms with van der Waals surface area (Å²) < 4.78 is 0. The molecule has 1 N–H and O–H groups in total. The maximum atomic E-state index is 11.8. The van der Waals surface area contributed by atoms with Crippen molar-refractivity contribution in [1.29, 1.82) is 0 Å². The Morgan fingerprint density at radius 2 is 1.89 bits per heavy atom. The highest BCUT2D eigenvalue weighted by molar-refractivity contribution is 6.03. The lowest BCUT2D eigenvalue weighted by molar-refractivity contribution is -0.112. The van der Waals surface area contributed by atoms with Crippen LogP contribution in [0.3, 0.4) is 0 Å². The Bertz CT molecular complexity index is 570. The molecule has 0 saturated heterocycles. The average Bonchev–Trinajstić information content (AvgIpc) is 2.94. The molecule has 1 aromatic carbocycles. The molecule has 1 heterocycles. The van der Waals surface area contributed by atoms with Gasteiger partial charge in [0.15, 0.2) is 0 Å². The molecule has 0 unspecified atom stereocenters. The molecule has 5 heteroatoms. The van der Waals surface area contributed by atoms with Crippen LogP contribution in [0.2, 0.25) is 0 Å². The zero-order valence-electron chi connectivity index (χ0n) is 11.0. The molecular weight excluding hydrogens is 240 g/mol. The Kier molecular flexibility index (Phi) is 4.07. The number of carbonyl (C=O) groups excluding carboxylic acids is 1. The van der Waals surface area contributed by atoms with Crippen LogP contribution in [-0.2, 0) is 4.79 Å². The second-order valence-electron chi connectivity index (χ2n) is 4.11. The third kappa shape index (κ3) is 3.28. The topological polar surface area (TPSA) is 59.8 Å². The van der Waals surface area contributed by atoms with Crippen molar-refractivity contribution < 1.29 is 4.79 Å². The number of nitrogens with zero attached hydrogens (tertiary/aromatic N) is 3. The standard InChI is InChI=1S/C14H16N4O/c1-3-4-11(2)14(19)17-12-5-7-13(8-6-12)18-15-9-10-16-18/h4-10H,3H2,1-2H3,(H,17,19)/b11-4-. The first-order valence-corrected chi connectivity index (χ1v) is 6.15. The number of allylic oxidation sites excluding steroid dienone is 1. The zero-order chi connectivity index (χ0) is 13.7. The van der Waals surface area contributed by atoms with Gasteiger partial charge in [0, 0.05) is 11.3 Å². The van der Waals surface area contributed by atoms with E-state index in [-0.39, 0.29) is 5.91 Å². The molecule has 0 aliphatic rings. The molecule has 98 valence electrons. The van der Waals surface area contributed by atoms with E-state index >= 15 is 0 Å². The lowest BCUT2D eigenvalue weighted by Crippen LogP contribution is -2.12. The Hall–Kier alpha value is -2.43. The minimum absolute atomic E-state index is 0.0770. The number of hydrogen-bond acceptors (Lipinski definition) is 3. The number of anilines is 1. The van der Waals surface area contributed by atoms with Gasteiger partial charge >= 0.3 is 0 Å². The van der Waals surface area contributed by atoms with E-state index in [2.05, 4.69) is 15.5 Å². The van der Waals surface area contributed by atoms with E-state index in [1.54, 1.807) is 19.3 Å². The summed E-state index contributed by atoms with van der Waals surface area (Å²) in [6.07, 6.45) is 5.99. The summed E-state index contributed by atoms with van der Waals surface area (Å²) in [6, 6.07) is 7.37. The SMILES string of the molecule is CC/C=C(/C)C(=O)Nc1ccc(-n2nccn2)cc1. The molecule has 19 heavy (non-hydrogen) atoms. The van der Waals surface area contributed by atoms with Crippen LogP contribution in [0.4, 0.5) is 5.69 Å². The summed E-state index contributed by atoms with van der Waals surface area (Å²) in [5.41, 5.74) is 2.33. The molecule has 0 bridgehead atoms. The van der Waals surface area contributed by atoms with Gasteiger partial charge in [-0.05, 0) is 37.6 Å². The summed E-state index contributed by atoms with van der Waals surface area (Å²) in [6.45, 7) is 3.81. The average molecular weight is 256 g/mol. The van der Waals surface area contributed by atoms with Crippen LogP contribution in [0.1, 0.15) is 20.3 Å². The van der Waals surface area contributed by atoms with Gasteiger partial charge in [0.2, 0.25) is 0 Å². The van der Waals surface area contributed by atoms with Crippen LogP contribution >= 0.6 is 0 Å². The molecule has 0 saturated carbocycles. The Morgan fingerprint density at radius 1 is 1.26 bits per heavy atom. The van der Waals surface area contributed by atoms with Crippen LogP contribution in [0.5, 0.6) is 0 Å². The molecule has 0 fully saturated rings. The van der Waals surface area contributed by atoms with Crippen molar-refractivity contribution in [3.63, 3.8) is 0 Å². The first-order chi connectivity index (χ1) is 9.20. The summed E-state index contributed by atoms with van der Waals surface area (Å²) >= 11 is 0. The number of benzene rings is 1. The predicted octanol–water partition coefficient (Wildman–Crippen LogP) is 2.56. The van der Waals surface area contributed by atoms with Gasteiger partial charge in [-0.3, -0.25) is 4.79 Å². The fourth-order valence-electron chi connectivity index (χ4n) is 1.66. The van der Waals surface area contributed by atoms with E-state index in [1.807, 2.05) is 37.3 Å².